The van der Waals surface area contributed by atoms with Crippen molar-refractivity contribution in [1.29, 1.82) is 0 Å². The van der Waals surface area contributed by atoms with E-state index in [1.165, 1.54) is 0 Å². The fraction of sp³-hybridized carbons (Fsp3) is 0.263. The van der Waals surface area contributed by atoms with E-state index in [1.807, 2.05) is 12.1 Å². The SMILES string of the molecule is COc1ccc(N2C(=O)CCC2C(=O)NCc2ccc(Cl)cc2)cc1. The molecule has 6 heteroatoms. The third-order valence-electron chi connectivity index (χ3n) is 4.25. The van der Waals surface area contributed by atoms with Gasteiger partial charge in [-0.1, -0.05) is 23.7 Å². The van der Waals surface area contributed by atoms with E-state index in [9.17, 15) is 9.59 Å². The van der Waals surface area contributed by atoms with Crippen LogP contribution in [-0.4, -0.2) is 25.0 Å². The van der Waals surface area contributed by atoms with Crippen molar-refractivity contribution in [1.82, 2.24) is 5.32 Å². The fourth-order valence-electron chi connectivity index (χ4n) is 2.91. The Morgan fingerprint density at radius 3 is 2.52 bits per heavy atom. The van der Waals surface area contributed by atoms with Gasteiger partial charge in [-0.3, -0.25) is 14.5 Å². The van der Waals surface area contributed by atoms with Crippen LogP contribution in [0.4, 0.5) is 5.69 Å². The lowest BCUT2D eigenvalue weighted by molar-refractivity contribution is -0.124. The molecule has 1 unspecified atom stereocenters. The highest BCUT2D eigenvalue weighted by Gasteiger charge is 2.36. The maximum absolute atomic E-state index is 12.6. The van der Waals surface area contributed by atoms with E-state index in [-0.39, 0.29) is 11.8 Å². The van der Waals surface area contributed by atoms with E-state index in [0.29, 0.717) is 35.8 Å². The molecule has 0 aromatic heterocycles. The molecule has 2 amide bonds. The minimum atomic E-state index is -0.492. The van der Waals surface area contributed by atoms with Gasteiger partial charge in [-0.15, -0.1) is 0 Å². The number of anilines is 1. The molecule has 1 saturated heterocycles. The molecule has 2 aromatic carbocycles. The van der Waals surface area contributed by atoms with Gasteiger partial charge in [0, 0.05) is 23.7 Å². The molecule has 1 aliphatic heterocycles. The Balaban J connectivity index is 1.69. The number of carbonyl (C=O) groups excluding carboxylic acids is 2. The highest BCUT2D eigenvalue weighted by molar-refractivity contribution is 6.30. The Hall–Kier alpha value is -2.53. The lowest BCUT2D eigenvalue weighted by Crippen LogP contribution is -2.44. The molecule has 1 aliphatic rings. The van der Waals surface area contributed by atoms with Gasteiger partial charge in [-0.05, 0) is 48.4 Å². The third-order valence-corrected chi connectivity index (χ3v) is 4.50. The van der Waals surface area contributed by atoms with Crippen LogP contribution in [0.2, 0.25) is 5.02 Å². The van der Waals surface area contributed by atoms with Gasteiger partial charge < -0.3 is 10.1 Å². The zero-order valence-electron chi connectivity index (χ0n) is 13.9. The van der Waals surface area contributed by atoms with E-state index in [0.717, 1.165) is 5.56 Å². The highest BCUT2D eigenvalue weighted by atomic mass is 35.5. The zero-order chi connectivity index (χ0) is 17.8. The molecule has 5 nitrogen and oxygen atoms in total. The molecule has 0 aliphatic carbocycles. The predicted octanol–water partition coefficient (Wildman–Crippen LogP) is 3.16. The number of nitrogens with one attached hydrogen (secondary N) is 1. The molecular weight excluding hydrogens is 340 g/mol. The summed E-state index contributed by atoms with van der Waals surface area (Å²) < 4.78 is 5.14. The summed E-state index contributed by atoms with van der Waals surface area (Å²) >= 11 is 5.86. The maximum atomic E-state index is 12.6. The van der Waals surface area contributed by atoms with Crippen LogP contribution in [0.15, 0.2) is 48.5 Å². The average Bonchev–Trinajstić information content (AvgIpc) is 3.02. The monoisotopic (exact) mass is 358 g/mol. The number of amides is 2. The molecule has 1 atom stereocenters. The Labute approximate surface area is 151 Å². The van der Waals surface area contributed by atoms with Crippen molar-refractivity contribution in [3.05, 3.63) is 59.1 Å². The van der Waals surface area contributed by atoms with E-state index in [1.54, 1.807) is 48.4 Å². The van der Waals surface area contributed by atoms with Crippen LogP contribution in [0.25, 0.3) is 0 Å². The van der Waals surface area contributed by atoms with E-state index < -0.39 is 6.04 Å². The number of nitrogens with zero attached hydrogens (tertiary/aromatic N) is 1. The minimum Gasteiger partial charge on any atom is -0.497 e. The molecule has 1 heterocycles. The highest BCUT2D eigenvalue weighted by Crippen LogP contribution is 2.28. The number of ether oxygens (including phenoxy) is 1. The summed E-state index contributed by atoms with van der Waals surface area (Å²) in [5, 5.41) is 3.56. The van der Waals surface area contributed by atoms with Crippen LogP contribution in [0.1, 0.15) is 18.4 Å². The van der Waals surface area contributed by atoms with Gasteiger partial charge in [-0.2, -0.15) is 0 Å². The first-order valence-electron chi connectivity index (χ1n) is 8.07. The standard InChI is InChI=1S/C19H19ClN2O3/c1-25-16-8-6-15(7-9-16)22-17(10-11-18(22)23)19(24)21-12-13-2-4-14(20)5-3-13/h2-9,17H,10-12H2,1H3,(H,21,24). The summed E-state index contributed by atoms with van der Waals surface area (Å²) in [5.41, 5.74) is 1.66. The van der Waals surface area contributed by atoms with Gasteiger partial charge in [0.15, 0.2) is 0 Å². The smallest absolute Gasteiger partial charge is 0.243 e. The first-order chi connectivity index (χ1) is 12.1. The second-order valence-electron chi connectivity index (χ2n) is 5.86. The molecule has 0 bridgehead atoms. The normalized spacial score (nSPS) is 16.8. The lowest BCUT2D eigenvalue weighted by atomic mass is 10.1. The van der Waals surface area contributed by atoms with Crippen LogP contribution in [0, 0.1) is 0 Å². The number of hydrogen-bond donors (Lipinski definition) is 1. The van der Waals surface area contributed by atoms with E-state index >= 15 is 0 Å². The van der Waals surface area contributed by atoms with Crippen LogP contribution >= 0.6 is 11.6 Å². The van der Waals surface area contributed by atoms with Gasteiger partial charge in [0.25, 0.3) is 0 Å². The summed E-state index contributed by atoms with van der Waals surface area (Å²) in [6, 6.07) is 14.0. The molecule has 0 radical (unpaired) electrons. The first kappa shape index (κ1) is 17.3. The quantitative estimate of drug-likeness (QED) is 0.893. The molecule has 1 N–H and O–H groups in total. The molecule has 3 rings (SSSR count). The van der Waals surface area contributed by atoms with Crippen molar-refractivity contribution < 1.29 is 14.3 Å². The van der Waals surface area contributed by atoms with Gasteiger partial charge in [0.05, 0.1) is 7.11 Å². The summed E-state index contributed by atoms with van der Waals surface area (Å²) in [4.78, 5) is 26.4. The number of halogens is 1. The van der Waals surface area contributed by atoms with Crippen LogP contribution in [-0.2, 0) is 16.1 Å². The third kappa shape index (κ3) is 3.94. The van der Waals surface area contributed by atoms with Gasteiger partial charge >= 0.3 is 0 Å². The summed E-state index contributed by atoms with van der Waals surface area (Å²) in [5.74, 6) is 0.507. The molecular formula is C19H19ClN2O3. The van der Waals surface area contributed by atoms with E-state index in [4.69, 9.17) is 16.3 Å². The van der Waals surface area contributed by atoms with Crippen molar-refractivity contribution in [3.63, 3.8) is 0 Å². The second kappa shape index (κ2) is 7.57. The minimum absolute atomic E-state index is 0.0446. The number of benzene rings is 2. The van der Waals surface area contributed by atoms with Crippen LogP contribution in [0.3, 0.4) is 0 Å². The lowest BCUT2D eigenvalue weighted by Gasteiger charge is -2.24. The first-order valence-corrected chi connectivity index (χ1v) is 8.44. The van der Waals surface area contributed by atoms with Gasteiger partial charge in [-0.25, -0.2) is 0 Å². The van der Waals surface area contributed by atoms with Crippen LogP contribution < -0.4 is 15.0 Å². The number of hydrogen-bond acceptors (Lipinski definition) is 3. The zero-order valence-corrected chi connectivity index (χ0v) is 14.6. The van der Waals surface area contributed by atoms with Crippen molar-refractivity contribution in [2.45, 2.75) is 25.4 Å². The Morgan fingerprint density at radius 2 is 1.88 bits per heavy atom. The average molecular weight is 359 g/mol. The van der Waals surface area contributed by atoms with Crippen molar-refractivity contribution in [3.8, 4) is 5.75 Å². The summed E-state index contributed by atoms with van der Waals surface area (Å²) in [6.07, 6.45) is 0.877. The van der Waals surface area contributed by atoms with Crippen molar-refractivity contribution >= 4 is 29.1 Å². The molecule has 0 spiro atoms. The van der Waals surface area contributed by atoms with Crippen LogP contribution in [0.5, 0.6) is 5.75 Å². The summed E-state index contributed by atoms with van der Waals surface area (Å²) in [6.45, 7) is 0.400. The molecule has 25 heavy (non-hydrogen) atoms. The Bertz CT molecular complexity index is 759. The predicted molar refractivity (Wildman–Crippen MR) is 96.8 cm³/mol. The summed E-state index contributed by atoms with van der Waals surface area (Å²) in [7, 11) is 1.59. The maximum Gasteiger partial charge on any atom is 0.243 e. The topological polar surface area (TPSA) is 58.6 Å². The Morgan fingerprint density at radius 1 is 1.20 bits per heavy atom. The molecule has 0 saturated carbocycles. The molecule has 1 fully saturated rings. The van der Waals surface area contributed by atoms with E-state index in [2.05, 4.69) is 5.32 Å². The second-order valence-corrected chi connectivity index (χ2v) is 6.30. The number of rotatable bonds is 5. The van der Waals surface area contributed by atoms with Gasteiger partial charge in [0.1, 0.15) is 11.8 Å². The molecule has 130 valence electrons. The number of methoxy groups -OCH3 is 1. The van der Waals surface area contributed by atoms with Crippen molar-refractivity contribution in [2.24, 2.45) is 0 Å². The Kier molecular flexibility index (Phi) is 5.24. The van der Waals surface area contributed by atoms with Gasteiger partial charge in [0.2, 0.25) is 11.8 Å². The number of carbonyl (C=O) groups is 2. The molecule has 2 aromatic rings. The fourth-order valence-corrected chi connectivity index (χ4v) is 3.03. The van der Waals surface area contributed by atoms with Crippen molar-refractivity contribution in [2.75, 3.05) is 12.0 Å². The largest absolute Gasteiger partial charge is 0.497 e.